The highest BCUT2D eigenvalue weighted by molar-refractivity contribution is 6.17. The van der Waals surface area contributed by atoms with Gasteiger partial charge in [0.2, 0.25) is 0 Å². The highest BCUT2D eigenvalue weighted by Gasteiger charge is 2.18. The van der Waals surface area contributed by atoms with E-state index >= 15 is 0 Å². The van der Waals surface area contributed by atoms with Crippen molar-refractivity contribution >= 4 is 33.7 Å². The molecule has 8 rings (SSSR count). The SMILES string of the molecule is C=C1C=Cc2ccc(-c3ccccc3)nc2C1=NCc1ccc2oc3cccc(-c4ccc(-c5ccccc5C#N)cc4)c3c2c1. The zero-order valence-corrected chi connectivity index (χ0v) is 24.9. The molecule has 0 amide bonds. The molecular weight excluding hydrogens is 562 g/mol. The molecular formula is C42H27N3O. The van der Waals surface area contributed by atoms with Gasteiger partial charge in [-0.15, -0.1) is 0 Å². The Bertz CT molecular complexity index is 2400. The Morgan fingerprint density at radius 3 is 2.28 bits per heavy atom. The Labute approximate surface area is 266 Å². The van der Waals surface area contributed by atoms with Crippen LogP contribution in [0.1, 0.15) is 22.4 Å². The molecule has 0 bridgehead atoms. The van der Waals surface area contributed by atoms with Crippen molar-refractivity contribution in [1.29, 1.82) is 5.26 Å². The van der Waals surface area contributed by atoms with E-state index < -0.39 is 0 Å². The third-order valence-electron chi connectivity index (χ3n) is 8.52. The molecule has 1 aliphatic rings. The summed E-state index contributed by atoms with van der Waals surface area (Å²) in [6, 6.07) is 45.2. The second-order valence-corrected chi connectivity index (χ2v) is 11.4. The number of allylic oxidation sites excluding steroid dienone is 2. The number of pyridine rings is 1. The zero-order chi connectivity index (χ0) is 31.0. The van der Waals surface area contributed by atoms with E-state index in [0.717, 1.165) is 83.6 Å². The summed E-state index contributed by atoms with van der Waals surface area (Å²) >= 11 is 0. The molecule has 0 fully saturated rings. The molecule has 216 valence electrons. The maximum Gasteiger partial charge on any atom is 0.136 e. The van der Waals surface area contributed by atoms with Crippen molar-refractivity contribution in [3.05, 3.63) is 168 Å². The highest BCUT2D eigenvalue weighted by Crippen LogP contribution is 2.38. The molecule has 0 N–H and O–H groups in total. The van der Waals surface area contributed by atoms with Gasteiger partial charge in [-0.25, -0.2) is 4.98 Å². The van der Waals surface area contributed by atoms with Gasteiger partial charge in [0.05, 0.1) is 35.3 Å². The van der Waals surface area contributed by atoms with Crippen LogP contribution in [0.5, 0.6) is 0 Å². The fourth-order valence-electron chi connectivity index (χ4n) is 6.21. The van der Waals surface area contributed by atoms with E-state index in [1.54, 1.807) is 0 Å². The Morgan fingerprint density at radius 2 is 1.46 bits per heavy atom. The molecule has 0 spiro atoms. The third kappa shape index (κ3) is 4.81. The summed E-state index contributed by atoms with van der Waals surface area (Å²) in [4.78, 5) is 10.1. The largest absolute Gasteiger partial charge is 0.456 e. The smallest absolute Gasteiger partial charge is 0.136 e. The molecule has 5 aromatic carbocycles. The molecule has 0 aliphatic heterocycles. The number of hydrogen-bond donors (Lipinski definition) is 0. The van der Waals surface area contributed by atoms with Crippen LogP contribution in [0.25, 0.3) is 61.5 Å². The average Bonchev–Trinajstić information content (AvgIpc) is 3.49. The first-order valence-corrected chi connectivity index (χ1v) is 15.2. The molecule has 2 heterocycles. The van der Waals surface area contributed by atoms with Gasteiger partial charge >= 0.3 is 0 Å². The first-order chi connectivity index (χ1) is 22.7. The molecule has 0 radical (unpaired) electrons. The number of aromatic nitrogens is 1. The van der Waals surface area contributed by atoms with Crippen molar-refractivity contribution in [2.75, 3.05) is 0 Å². The van der Waals surface area contributed by atoms with Gasteiger partial charge in [0.1, 0.15) is 11.2 Å². The van der Waals surface area contributed by atoms with Gasteiger partial charge in [-0.05, 0) is 63.7 Å². The number of fused-ring (bicyclic) bond motifs is 4. The lowest BCUT2D eigenvalue weighted by atomic mass is 9.95. The van der Waals surface area contributed by atoms with E-state index in [-0.39, 0.29) is 0 Å². The predicted molar refractivity (Wildman–Crippen MR) is 187 cm³/mol. The molecule has 0 atom stereocenters. The van der Waals surface area contributed by atoms with Gasteiger partial charge in [-0.3, -0.25) is 4.99 Å². The van der Waals surface area contributed by atoms with E-state index in [2.05, 4.69) is 85.5 Å². The first kappa shape index (κ1) is 27.3. The van der Waals surface area contributed by atoms with Crippen molar-refractivity contribution in [3.8, 4) is 39.6 Å². The molecule has 0 saturated heterocycles. The molecule has 1 aliphatic carbocycles. The van der Waals surface area contributed by atoms with Crippen molar-refractivity contribution in [2.24, 2.45) is 4.99 Å². The fourth-order valence-corrected chi connectivity index (χ4v) is 6.21. The van der Waals surface area contributed by atoms with Gasteiger partial charge < -0.3 is 4.42 Å². The Hall–Kier alpha value is -6.31. The van der Waals surface area contributed by atoms with Crippen LogP contribution >= 0.6 is 0 Å². The standard InChI is InChI=1S/C42H27N3O/c1-27-14-16-32-21-22-37(31-8-3-2-4-9-31)45-42(32)41(27)44-26-28-15-23-38-36(24-28)40-35(12-7-13-39(40)46-38)30-19-17-29(18-20-30)34-11-6-5-10-33(34)25-43/h2-24H,1,26H2. The number of nitriles is 1. The molecule has 4 heteroatoms. The lowest BCUT2D eigenvalue weighted by Gasteiger charge is -2.16. The minimum Gasteiger partial charge on any atom is -0.456 e. The number of furan rings is 1. The molecule has 2 aromatic heterocycles. The van der Waals surface area contributed by atoms with Crippen LogP contribution in [0.15, 0.2) is 155 Å². The van der Waals surface area contributed by atoms with Crippen molar-refractivity contribution in [1.82, 2.24) is 4.98 Å². The molecule has 0 unspecified atom stereocenters. The van der Waals surface area contributed by atoms with Gasteiger partial charge in [0.25, 0.3) is 0 Å². The van der Waals surface area contributed by atoms with Gasteiger partial charge in [-0.1, -0.05) is 116 Å². The highest BCUT2D eigenvalue weighted by atomic mass is 16.3. The van der Waals surface area contributed by atoms with Gasteiger partial charge in [0, 0.05) is 21.9 Å². The maximum absolute atomic E-state index is 9.57. The zero-order valence-electron chi connectivity index (χ0n) is 24.9. The molecule has 46 heavy (non-hydrogen) atoms. The number of hydrogen-bond acceptors (Lipinski definition) is 4. The second-order valence-electron chi connectivity index (χ2n) is 11.4. The molecule has 7 aromatic rings. The summed E-state index contributed by atoms with van der Waals surface area (Å²) in [5.41, 5.74) is 13.1. The van der Waals surface area contributed by atoms with Crippen LogP contribution in [0.4, 0.5) is 0 Å². The third-order valence-corrected chi connectivity index (χ3v) is 8.52. The van der Waals surface area contributed by atoms with Crippen molar-refractivity contribution in [3.63, 3.8) is 0 Å². The number of rotatable bonds is 5. The Morgan fingerprint density at radius 1 is 0.696 bits per heavy atom. The summed E-state index contributed by atoms with van der Waals surface area (Å²) in [7, 11) is 0. The predicted octanol–water partition coefficient (Wildman–Crippen LogP) is 10.4. The second kappa shape index (κ2) is 11.3. The van der Waals surface area contributed by atoms with Crippen LogP contribution in [0.3, 0.4) is 0 Å². The van der Waals surface area contributed by atoms with E-state index in [9.17, 15) is 5.26 Å². The van der Waals surface area contributed by atoms with Crippen LogP contribution < -0.4 is 0 Å². The van der Waals surface area contributed by atoms with E-state index in [1.807, 2.05) is 66.7 Å². The molecule has 0 saturated carbocycles. The summed E-state index contributed by atoms with van der Waals surface area (Å²) in [5, 5.41) is 11.7. The number of benzene rings is 5. The normalized spacial score (nSPS) is 13.3. The lowest BCUT2D eigenvalue weighted by molar-refractivity contribution is 0.669. The fraction of sp³-hybridized carbons (Fsp3) is 0.0238. The summed E-state index contributed by atoms with van der Waals surface area (Å²) < 4.78 is 6.30. The monoisotopic (exact) mass is 589 g/mol. The van der Waals surface area contributed by atoms with Gasteiger partial charge in [-0.2, -0.15) is 5.26 Å². The summed E-state index contributed by atoms with van der Waals surface area (Å²) in [5.74, 6) is 0. The van der Waals surface area contributed by atoms with Crippen LogP contribution in [0, 0.1) is 11.3 Å². The minimum absolute atomic E-state index is 0.483. The Balaban J connectivity index is 1.16. The van der Waals surface area contributed by atoms with E-state index in [1.165, 1.54) is 0 Å². The summed E-state index contributed by atoms with van der Waals surface area (Å²) in [6.07, 6.45) is 4.06. The van der Waals surface area contributed by atoms with Crippen molar-refractivity contribution < 1.29 is 4.42 Å². The summed E-state index contributed by atoms with van der Waals surface area (Å²) in [6.45, 7) is 4.77. The number of nitrogens with zero attached hydrogens (tertiary/aromatic N) is 3. The number of aliphatic imine (C=N–C) groups is 1. The topological polar surface area (TPSA) is 62.2 Å². The van der Waals surface area contributed by atoms with Crippen LogP contribution in [-0.4, -0.2) is 10.7 Å². The van der Waals surface area contributed by atoms with Crippen LogP contribution in [0.2, 0.25) is 0 Å². The quantitative estimate of drug-likeness (QED) is 0.201. The average molecular weight is 590 g/mol. The lowest BCUT2D eigenvalue weighted by Crippen LogP contribution is -2.12. The minimum atomic E-state index is 0.483. The van der Waals surface area contributed by atoms with Gasteiger partial charge in [0.15, 0.2) is 0 Å². The Kier molecular flexibility index (Phi) is 6.70. The van der Waals surface area contributed by atoms with Crippen LogP contribution in [-0.2, 0) is 6.54 Å². The maximum atomic E-state index is 9.57. The van der Waals surface area contributed by atoms with E-state index in [0.29, 0.717) is 12.1 Å². The van der Waals surface area contributed by atoms with E-state index in [4.69, 9.17) is 14.4 Å². The first-order valence-electron chi connectivity index (χ1n) is 15.2. The molecule has 4 nitrogen and oxygen atoms in total. The van der Waals surface area contributed by atoms with Crippen molar-refractivity contribution in [2.45, 2.75) is 6.54 Å².